The number of pyridine rings is 1. The van der Waals surface area contributed by atoms with Crippen LogP contribution in [0, 0.1) is 5.92 Å². The zero-order chi connectivity index (χ0) is 14.7. The van der Waals surface area contributed by atoms with Gasteiger partial charge in [-0.3, -0.25) is 14.6 Å². The number of hydrogen-bond donors (Lipinski definition) is 1. The van der Waals surface area contributed by atoms with E-state index in [0.717, 1.165) is 19.4 Å². The Balaban J connectivity index is 2.12. The zero-order valence-electron chi connectivity index (χ0n) is 12.2. The van der Waals surface area contributed by atoms with Crippen LogP contribution in [0.25, 0.3) is 0 Å². The molecule has 0 radical (unpaired) electrons. The Morgan fingerprint density at radius 3 is 2.55 bits per heavy atom. The minimum absolute atomic E-state index is 0.0113. The van der Waals surface area contributed by atoms with Crippen molar-refractivity contribution in [3.05, 3.63) is 29.6 Å². The van der Waals surface area contributed by atoms with Gasteiger partial charge >= 0.3 is 0 Å². The van der Waals surface area contributed by atoms with E-state index in [-0.39, 0.29) is 11.8 Å². The van der Waals surface area contributed by atoms with E-state index < -0.39 is 0 Å². The van der Waals surface area contributed by atoms with Crippen molar-refractivity contribution in [2.45, 2.75) is 32.7 Å². The minimum atomic E-state index is -0.245. The summed E-state index contributed by atoms with van der Waals surface area (Å²) in [6.07, 6.45) is 3.66. The summed E-state index contributed by atoms with van der Waals surface area (Å²) in [7, 11) is 1.56. The molecule has 1 saturated carbocycles. The molecule has 5 nitrogen and oxygen atoms in total. The first-order chi connectivity index (χ1) is 9.52. The number of aromatic nitrogens is 1. The molecule has 1 fully saturated rings. The van der Waals surface area contributed by atoms with Crippen molar-refractivity contribution in [1.29, 1.82) is 0 Å². The van der Waals surface area contributed by atoms with Crippen molar-refractivity contribution in [1.82, 2.24) is 15.2 Å². The smallest absolute Gasteiger partial charge is 0.269 e. The Kier molecular flexibility index (Phi) is 4.37. The molecule has 0 saturated heterocycles. The summed E-state index contributed by atoms with van der Waals surface area (Å²) in [6.45, 7) is 4.98. The van der Waals surface area contributed by atoms with Crippen LogP contribution in [-0.2, 0) is 0 Å². The molecule has 0 unspecified atom stereocenters. The minimum Gasteiger partial charge on any atom is -0.354 e. The molecule has 1 N–H and O–H groups in total. The molecule has 1 aliphatic rings. The molecule has 1 aromatic rings. The molecular formula is C15H21N3O2. The number of hydrogen-bond acceptors (Lipinski definition) is 3. The van der Waals surface area contributed by atoms with Crippen LogP contribution in [0.4, 0.5) is 0 Å². The Hall–Kier alpha value is -1.91. The number of carbonyl (C=O) groups excluding carboxylic acids is 2. The van der Waals surface area contributed by atoms with E-state index in [4.69, 9.17) is 0 Å². The van der Waals surface area contributed by atoms with Gasteiger partial charge in [0.1, 0.15) is 5.69 Å². The van der Waals surface area contributed by atoms with Gasteiger partial charge in [0.05, 0.1) is 5.56 Å². The first-order valence-corrected chi connectivity index (χ1v) is 7.02. The van der Waals surface area contributed by atoms with Crippen LogP contribution in [0.5, 0.6) is 0 Å². The molecule has 0 aliphatic heterocycles. The van der Waals surface area contributed by atoms with E-state index in [1.807, 2.05) is 4.90 Å². The molecule has 0 aromatic carbocycles. The van der Waals surface area contributed by atoms with E-state index in [1.165, 1.54) is 6.20 Å². The highest BCUT2D eigenvalue weighted by atomic mass is 16.2. The summed E-state index contributed by atoms with van der Waals surface area (Å²) in [5, 5.41) is 2.51. The number of nitrogens with one attached hydrogen (secondary N) is 1. The first-order valence-electron chi connectivity index (χ1n) is 7.02. The molecule has 108 valence electrons. The predicted octanol–water partition coefficient (Wildman–Crippen LogP) is 1.70. The fraction of sp³-hybridized carbons (Fsp3) is 0.533. The van der Waals surface area contributed by atoms with E-state index in [2.05, 4.69) is 24.1 Å². The van der Waals surface area contributed by atoms with E-state index in [9.17, 15) is 9.59 Å². The van der Waals surface area contributed by atoms with Gasteiger partial charge in [0.15, 0.2) is 0 Å². The lowest BCUT2D eigenvalue weighted by molar-refractivity contribution is 0.0721. The lowest BCUT2D eigenvalue weighted by Crippen LogP contribution is -2.36. The van der Waals surface area contributed by atoms with Crippen molar-refractivity contribution in [3.8, 4) is 0 Å². The number of nitrogens with zero attached hydrogens (tertiary/aromatic N) is 2. The van der Waals surface area contributed by atoms with E-state index >= 15 is 0 Å². The summed E-state index contributed by atoms with van der Waals surface area (Å²) in [5.41, 5.74) is 0.871. The fourth-order valence-electron chi connectivity index (χ4n) is 2.13. The second-order valence-corrected chi connectivity index (χ2v) is 5.59. The number of rotatable bonds is 5. The Bertz CT molecular complexity index is 492. The van der Waals surface area contributed by atoms with Gasteiger partial charge in [0, 0.05) is 25.8 Å². The quantitative estimate of drug-likeness (QED) is 0.889. The topological polar surface area (TPSA) is 62.3 Å². The molecular weight excluding hydrogens is 254 g/mol. The molecule has 0 spiro atoms. The summed E-state index contributed by atoms with van der Waals surface area (Å²) in [4.78, 5) is 29.9. The third-order valence-corrected chi connectivity index (χ3v) is 3.28. The van der Waals surface area contributed by atoms with Crippen LogP contribution in [0.1, 0.15) is 47.5 Å². The molecule has 1 heterocycles. The van der Waals surface area contributed by atoms with Gasteiger partial charge in [0.25, 0.3) is 11.8 Å². The predicted molar refractivity (Wildman–Crippen MR) is 76.5 cm³/mol. The molecule has 5 heteroatoms. The van der Waals surface area contributed by atoms with Gasteiger partial charge in [0.2, 0.25) is 0 Å². The Labute approximate surface area is 119 Å². The van der Waals surface area contributed by atoms with Gasteiger partial charge in [-0.1, -0.05) is 13.8 Å². The average molecular weight is 275 g/mol. The second kappa shape index (κ2) is 6.03. The largest absolute Gasteiger partial charge is 0.354 e. The monoisotopic (exact) mass is 275 g/mol. The van der Waals surface area contributed by atoms with Crippen molar-refractivity contribution in [2.75, 3.05) is 13.6 Å². The maximum absolute atomic E-state index is 12.5. The van der Waals surface area contributed by atoms with Crippen molar-refractivity contribution in [2.24, 2.45) is 5.92 Å². The van der Waals surface area contributed by atoms with Crippen LogP contribution in [0.15, 0.2) is 18.3 Å². The molecule has 20 heavy (non-hydrogen) atoms. The highest BCUT2D eigenvalue weighted by Gasteiger charge is 2.33. The standard InChI is InChI=1S/C15H21N3O2/c1-10(2)9-18(12-5-6-12)15(20)11-4-7-13(17-8-11)14(19)16-3/h4,7-8,10,12H,5-6,9H2,1-3H3,(H,16,19). The van der Waals surface area contributed by atoms with Crippen LogP contribution in [0.2, 0.25) is 0 Å². The summed E-state index contributed by atoms with van der Waals surface area (Å²) < 4.78 is 0. The second-order valence-electron chi connectivity index (χ2n) is 5.59. The Morgan fingerprint density at radius 1 is 1.40 bits per heavy atom. The van der Waals surface area contributed by atoms with Gasteiger partial charge < -0.3 is 10.2 Å². The normalized spacial score (nSPS) is 14.2. The highest BCUT2D eigenvalue weighted by molar-refractivity contribution is 5.96. The van der Waals surface area contributed by atoms with Crippen molar-refractivity contribution in [3.63, 3.8) is 0 Å². The van der Waals surface area contributed by atoms with E-state index in [1.54, 1.807) is 19.2 Å². The SMILES string of the molecule is CNC(=O)c1ccc(C(=O)N(CC(C)C)C2CC2)cn1. The molecule has 0 bridgehead atoms. The molecule has 2 amide bonds. The van der Waals surface area contributed by atoms with Crippen LogP contribution in [-0.4, -0.2) is 41.3 Å². The molecule has 2 rings (SSSR count). The lowest BCUT2D eigenvalue weighted by Gasteiger charge is -2.24. The summed E-state index contributed by atoms with van der Waals surface area (Å²) in [6, 6.07) is 3.64. The third kappa shape index (κ3) is 3.35. The number of amides is 2. The first kappa shape index (κ1) is 14.5. The van der Waals surface area contributed by atoms with Crippen molar-refractivity contribution < 1.29 is 9.59 Å². The van der Waals surface area contributed by atoms with Crippen LogP contribution in [0.3, 0.4) is 0 Å². The van der Waals surface area contributed by atoms with Crippen molar-refractivity contribution >= 4 is 11.8 Å². The maximum atomic E-state index is 12.5. The highest BCUT2D eigenvalue weighted by Crippen LogP contribution is 2.28. The average Bonchev–Trinajstić information content (AvgIpc) is 3.27. The van der Waals surface area contributed by atoms with Gasteiger partial charge in [-0.15, -0.1) is 0 Å². The third-order valence-electron chi connectivity index (χ3n) is 3.28. The Morgan fingerprint density at radius 2 is 2.10 bits per heavy atom. The summed E-state index contributed by atoms with van der Waals surface area (Å²) in [5.74, 6) is 0.208. The summed E-state index contributed by atoms with van der Waals surface area (Å²) >= 11 is 0. The lowest BCUT2D eigenvalue weighted by atomic mass is 10.1. The number of carbonyl (C=O) groups is 2. The van der Waals surface area contributed by atoms with Crippen LogP contribution >= 0.6 is 0 Å². The maximum Gasteiger partial charge on any atom is 0.269 e. The van der Waals surface area contributed by atoms with Crippen LogP contribution < -0.4 is 5.32 Å². The molecule has 1 aromatic heterocycles. The van der Waals surface area contributed by atoms with Gasteiger partial charge in [-0.25, -0.2) is 0 Å². The van der Waals surface area contributed by atoms with Gasteiger partial charge in [-0.2, -0.15) is 0 Å². The van der Waals surface area contributed by atoms with Gasteiger partial charge in [-0.05, 0) is 30.9 Å². The zero-order valence-corrected chi connectivity index (χ0v) is 12.2. The fourth-order valence-corrected chi connectivity index (χ4v) is 2.13. The molecule has 0 atom stereocenters. The molecule has 1 aliphatic carbocycles. The van der Waals surface area contributed by atoms with E-state index in [0.29, 0.717) is 23.2 Å².